The average molecular weight is 319 g/mol. The molecule has 0 amide bonds. The molecule has 6 nitrogen and oxygen atoms in total. The van der Waals surface area contributed by atoms with Crippen LogP contribution in [0.25, 0.3) is 0 Å². The Kier molecular flexibility index (Phi) is 5.54. The smallest absolute Gasteiger partial charge is 0.370 e. The lowest BCUT2D eigenvalue weighted by molar-refractivity contribution is -0.172. The molecule has 0 atom stereocenters. The predicted octanol–water partition coefficient (Wildman–Crippen LogP) is 1.77. The predicted molar refractivity (Wildman–Crippen MR) is 60.2 cm³/mol. The lowest BCUT2D eigenvalue weighted by Gasteiger charge is -2.12. The van der Waals surface area contributed by atoms with Crippen molar-refractivity contribution >= 4 is 11.8 Å². The largest absolute Gasteiger partial charge is 0.433 e. The van der Waals surface area contributed by atoms with Crippen LogP contribution in [0.4, 0.5) is 38.1 Å². The number of rotatable bonds is 6. The van der Waals surface area contributed by atoms with E-state index < -0.39 is 30.6 Å². The van der Waals surface area contributed by atoms with Gasteiger partial charge in [-0.3, -0.25) is 5.43 Å². The highest BCUT2D eigenvalue weighted by atomic mass is 19.4. The third-order valence-electron chi connectivity index (χ3n) is 1.96. The van der Waals surface area contributed by atoms with Gasteiger partial charge in [-0.1, -0.05) is 0 Å². The maximum absolute atomic E-state index is 12.5. The van der Waals surface area contributed by atoms with E-state index in [0.29, 0.717) is 6.07 Å². The summed E-state index contributed by atoms with van der Waals surface area (Å²) in [4.78, 5) is 6.68. The number of ether oxygens (including phenoxy) is 1. The molecule has 120 valence electrons. The van der Waals surface area contributed by atoms with Crippen molar-refractivity contribution in [3.05, 3.63) is 11.8 Å². The van der Waals surface area contributed by atoms with E-state index in [4.69, 9.17) is 5.84 Å². The summed E-state index contributed by atoms with van der Waals surface area (Å²) in [5, 5.41) is 2.38. The number of nitrogens with one attached hydrogen (secondary N) is 2. The van der Waals surface area contributed by atoms with Crippen LogP contribution < -0.4 is 16.6 Å². The van der Waals surface area contributed by atoms with Crippen molar-refractivity contribution in [1.82, 2.24) is 9.97 Å². The minimum absolute atomic E-state index is 0.172. The Hall–Kier alpha value is -1.82. The molecule has 4 N–H and O–H groups in total. The summed E-state index contributed by atoms with van der Waals surface area (Å²) in [5.74, 6) is 4.20. The maximum Gasteiger partial charge on any atom is 0.433 e. The lowest BCUT2D eigenvalue weighted by atomic mass is 10.4. The van der Waals surface area contributed by atoms with Crippen molar-refractivity contribution < 1.29 is 31.1 Å². The highest BCUT2D eigenvalue weighted by Gasteiger charge is 2.33. The molecule has 12 heteroatoms. The number of anilines is 2. The molecule has 0 radical (unpaired) electrons. The highest BCUT2D eigenvalue weighted by molar-refractivity contribution is 5.42. The van der Waals surface area contributed by atoms with E-state index in [-0.39, 0.29) is 19.0 Å². The zero-order chi connectivity index (χ0) is 16.1. The number of hydrogen-bond donors (Lipinski definition) is 3. The minimum atomic E-state index is -4.71. The summed E-state index contributed by atoms with van der Waals surface area (Å²) in [6.07, 6.45) is -9.17. The van der Waals surface area contributed by atoms with Gasteiger partial charge in [-0.15, -0.1) is 0 Å². The first-order valence-corrected chi connectivity index (χ1v) is 5.43. The first-order chi connectivity index (χ1) is 9.62. The molecule has 0 aliphatic carbocycles. The Morgan fingerprint density at radius 1 is 1.14 bits per heavy atom. The second-order valence-corrected chi connectivity index (χ2v) is 3.70. The molecule has 0 aliphatic heterocycles. The van der Waals surface area contributed by atoms with Crippen molar-refractivity contribution in [2.45, 2.75) is 12.4 Å². The van der Waals surface area contributed by atoms with Gasteiger partial charge in [-0.2, -0.15) is 31.3 Å². The lowest BCUT2D eigenvalue weighted by Crippen LogP contribution is -2.21. The number of nitrogens with zero attached hydrogens (tertiary/aromatic N) is 2. The third-order valence-corrected chi connectivity index (χ3v) is 1.96. The van der Waals surface area contributed by atoms with E-state index in [9.17, 15) is 26.3 Å². The topological polar surface area (TPSA) is 85.1 Å². The summed E-state index contributed by atoms with van der Waals surface area (Å²) in [6.45, 7) is -1.98. The normalized spacial score (nSPS) is 12.3. The second kappa shape index (κ2) is 6.76. The summed E-state index contributed by atoms with van der Waals surface area (Å²) in [6, 6.07) is 0.602. The minimum Gasteiger partial charge on any atom is -0.370 e. The zero-order valence-electron chi connectivity index (χ0n) is 10.3. The molecule has 21 heavy (non-hydrogen) atoms. The fourth-order valence-corrected chi connectivity index (χ4v) is 1.19. The zero-order valence-corrected chi connectivity index (χ0v) is 10.3. The molecule has 0 saturated carbocycles. The fourth-order valence-electron chi connectivity index (χ4n) is 1.19. The van der Waals surface area contributed by atoms with Gasteiger partial charge in [0.15, 0.2) is 5.69 Å². The van der Waals surface area contributed by atoms with Crippen LogP contribution in [-0.2, 0) is 10.9 Å². The van der Waals surface area contributed by atoms with Gasteiger partial charge < -0.3 is 10.1 Å². The van der Waals surface area contributed by atoms with E-state index in [1.54, 1.807) is 0 Å². The standard InChI is InChI=1S/C9H11F6N5O/c10-8(11,12)4-21-2-1-17-6-3-5(9(13,14)15)18-7(19-6)20-16/h3H,1-2,4,16H2,(H2,17,18,19,20). The van der Waals surface area contributed by atoms with Crippen LogP contribution >= 0.6 is 0 Å². The number of hydrazine groups is 1. The summed E-state index contributed by atoms with van der Waals surface area (Å²) >= 11 is 0. The number of nitrogens with two attached hydrogens (primary N) is 1. The van der Waals surface area contributed by atoms with Crippen LogP contribution in [0.1, 0.15) is 5.69 Å². The molecule has 0 spiro atoms. The number of nitrogen functional groups attached to an aromatic ring is 1. The first kappa shape index (κ1) is 17.2. The third kappa shape index (κ3) is 6.44. The van der Waals surface area contributed by atoms with Gasteiger partial charge in [-0.05, 0) is 0 Å². The fraction of sp³-hybridized carbons (Fsp3) is 0.556. The van der Waals surface area contributed by atoms with Crippen LogP contribution in [0.15, 0.2) is 6.07 Å². The van der Waals surface area contributed by atoms with Crippen molar-refractivity contribution in [1.29, 1.82) is 0 Å². The highest BCUT2D eigenvalue weighted by Crippen LogP contribution is 2.29. The molecule has 0 unspecified atom stereocenters. The van der Waals surface area contributed by atoms with Crippen molar-refractivity contribution in [2.24, 2.45) is 5.84 Å². The van der Waals surface area contributed by atoms with Crippen molar-refractivity contribution in [3.8, 4) is 0 Å². The molecule has 1 aromatic heterocycles. The molecule has 0 fully saturated rings. The molecular weight excluding hydrogens is 308 g/mol. The molecule has 1 heterocycles. The second-order valence-electron chi connectivity index (χ2n) is 3.70. The van der Waals surface area contributed by atoms with Gasteiger partial charge in [0, 0.05) is 12.6 Å². The van der Waals surface area contributed by atoms with Gasteiger partial charge in [0.1, 0.15) is 12.4 Å². The van der Waals surface area contributed by atoms with Gasteiger partial charge in [0.25, 0.3) is 0 Å². The van der Waals surface area contributed by atoms with Crippen LogP contribution in [0.3, 0.4) is 0 Å². The first-order valence-electron chi connectivity index (χ1n) is 5.43. The van der Waals surface area contributed by atoms with E-state index >= 15 is 0 Å². The van der Waals surface area contributed by atoms with Crippen LogP contribution in [0, 0.1) is 0 Å². The number of aromatic nitrogens is 2. The quantitative estimate of drug-likeness (QED) is 0.321. The molecule has 1 aromatic rings. The van der Waals surface area contributed by atoms with E-state index in [2.05, 4.69) is 20.0 Å². The molecule has 0 saturated heterocycles. The SMILES string of the molecule is NNc1nc(NCCOCC(F)(F)F)cc(C(F)(F)F)n1. The molecule has 0 aromatic carbocycles. The Bertz CT molecular complexity index is 463. The van der Waals surface area contributed by atoms with Crippen LogP contribution in [0.2, 0.25) is 0 Å². The maximum atomic E-state index is 12.5. The number of hydrogen-bond acceptors (Lipinski definition) is 6. The average Bonchev–Trinajstić information content (AvgIpc) is 2.35. The Labute approximate surface area is 114 Å². The van der Waals surface area contributed by atoms with Gasteiger partial charge in [0.2, 0.25) is 5.95 Å². The molecule has 0 bridgehead atoms. The Balaban J connectivity index is 2.59. The monoisotopic (exact) mass is 319 g/mol. The summed E-state index contributed by atoms with van der Waals surface area (Å²) < 4.78 is 77.2. The molecular formula is C9H11F6N5O. The molecule has 0 aliphatic rings. The van der Waals surface area contributed by atoms with E-state index in [1.165, 1.54) is 0 Å². The van der Waals surface area contributed by atoms with Crippen molar-refractivity contribution in [2.75, 3.05) is 30.5 Å². The number of halogens is 6. The summed E-state index contributed by atoms with van der Waals surface area (Å²) in [7, 11) is 0. The van der Waals surface area contributed by atoms with Crippen LogP contribution in [-0.4, -0.2) is 35.9 Å². The van der Waals surface area contributed by atoms with Gasteiger partial charge >= 0.3 is 12.4 Å². The van der Waals surface area contributed by atoms with E-state index in [0.717, 1.165) is 0 Å². The number of alkyl halides is 6. The Morgan fingerprint density at radius 2 is 1.81 bits per heavy atom. The van der Waals surface area contributed by atoms with Crippen LogP contribution in [0.5, 0.6) is 0 Å². The summed E-state index contributed by atoms with van der Waals surface area (Å²) in [5.41, 5.74) is 0.613. The van der Waals surface area contributed by atoms with E-state index in [1.807, 2.05) is 5.43 Å². The molecule has 1 rings (SSSR count). The van der Waals surface area contributed by atoms with Gasteiger partial charge in [-0.25, -0.2) is 10.8 Å². The van der Waals surface area contributed by atoms with Gasteiger partial charge in [0.05, 0.1) is 6.61 Å². The van der Waals surface area contributed by atoms with Crippen molar-refractivity contribution in [3.63, 3.8) is 0 Å². The Morgan fingerprint density at radius 3 is 2.33 bits per heavy atom.